The molecule has 0 atom stereocenters. The summed E-state index contributed by atoms with van der Waals surface area (Å²) in [6.07, 6.45) is 1.34. The summed E-state index contributed by atoms with van der Waals surface area (Å²) >= 11 is 12.1. The van der Waals surface area contributed by atoms with Gasteiger partial charge in [0, 0.05) is 15.6 Å². The maximum absolute atomic E-state index is 11.2. The first-order valence-corrected chi connectivity index (χ1v) is 7.58. The summed E-state index contributed by atoms with van der Waals surface area (Å²) in [5.74, 6) is 0.783. The van der Waals surface area contributed by atoms with Gasteiger partial charge in [0.15, 0.2) is 11.5 Å². The molecule has 1 N–H and O–H groups in total. The van der Waals surface area contributed by atoms with Crippen molar-refractivity contribution in [3.8, 4) is 11.5 Å². The molecular weight excluding hydrogens is 357 g/mol. The lowest BCUT2D eigenvalue weighted by atomic mass is 10.1. The molecule has 124 valence electrons. The summed E-state index contributed by atoms with van der Waals surface area (Å²) in [6.45, 7) is 0.323. The monoisotopic (exact) mass is 367 g/mol. The van der Waals surface area contributed by atoms with E-state index >= 15 is 0 Å². The number of ether oxygens (including phenoxy) is 2. The number of nitro groups is 1. The van der Waals surface area contributed by atoms with E-state index in [1.807, 2.05) is 0 Å². The van der Waals surface area contributed by atoms with Gasteiger partial charge >= 0.3 is 0 Å². The van der Waals surface area contributed by atoms with Gasteiger partial charge in [-0.3, -0.25) is 10.1 Å². The minimum absolute atomic E-state index is 0.0380. The molecule has 1 aliphatic rings. The third kappa shape index (κ3) is 3.37. The SMILES string of the molecule is O=[N+]([O-])c1cc2c(cc1/C=N/NCc1c(Cl)cccc1Cl)OCO2. The highest BCUT2D eigenvalue weighted by molar-refractivity contribution is 6.35. The van der Waals surface area contributed by atoms with Crippen LogP contribution in [0, 0.1) is 10.1 Å². The van der Waals surface area contributed by atoms with Crippen LogP contribution in [-0.4, -0.2) is 17.9 Å². The number of hydrogen-bond acceptors (Lipinski definition) is 6. The van der Waals surface area contributed by atoms with Crippen LogP contribution in [0.3, 0.4) is 0 Å². The maximum atomic E-state index is 11.2. The summed E-state index contributed by atoms with van der Waals surface area (Å²) in [5.41, 5.74) is 3.63. The van der Waals surface area contributed by atoms with Crippen molar-refractivity contribution in [3.63, 3.8) is 0 Å². The largest absolute Gasteiger partial charge is 0.454 e. The van der Waals surface area contributed by atoms with Crippen molar-refractivity contribution in [1.29, 1.82) is 0 Å². The normalized spacial score (nSPS) is 12.6. The first-order chi connectivity index (χ1) is 11.6. The van der Waals surface area contributed by atoms with Crippen molar-refractivity contribution in [2.45, 2.75) is 6.54 Å². The summed E-state index contributed by atoms with van der Waals surface area (Å²) in [7, 11) is 0. The Morgan fingerprint density at radius 2 is 1.92 bits per heavy atom. The molecule has 0 aromatic heterocycles. The van der Waals surface area contributed by atoms with E-state index in [9.17, 15) is 10.1 Å². The molecule has 2 aromatic carbocycles. The van der Waals surface area contributed by atoms with Crippen LogP contribution in [0.5, 0.6) is 11.5 Å². The van der Waals surface area contributed by atoms with Crippen molar-refractivity contribution < 1.29 is 14.4 Å². The third-order valence-corrected chi connectivity index (χ3v) is 4.04. The molecule has 0 saturated heterocycles. The predicted molar refractivity (Wildman–Crippen MR) is 90.1 cm³/mol. The molecule has 2 aromatic rings. The molecule has 0 bridgehead atoms. The number of fused-ring (bicyclic) bond motifs is 1. The smallest absolute Gasteiger partial charge is 0.282 e. The number of hydrazone groups is 1. The molecule has 24 heavy (non-hydrogen) atoms. The number of halogens is 2. The van der Waals surface area contributed by atoms with Gasteiger partial charge in [-0.2, -0.15) is 5.10 Å². The standard InChI is InChI=1S/C15H11Cl2N3O4/c16-11-2-1-3-12(17)10(11)7-19-18-6-9-4-14-15(24-8-23-14)5-13(9)20(21)22/h1-6,19H,7-8H2/b18-6+. The quantitative estimate of drug-likeness (QED) is 0.494. The fraction of sp³-hybridized carbons (Fsp3) is 0.133. The number of rotatable bonds is 5. The van der Waals surface area contributed by atoms with Gasteiger partial charge in [-0.05, 0) is 18.2 Å². The van der Waals surface area contributed by atoms with E-state index < -0.39 is 4.92 Å². The van der Waals surface area contributed by atoms with Crippen LogP contribution in [-0.2, 0) is 6.54 Å². The number of nitrogens with one attached hydrogen (secondary N) is 1. The second-order valence-electron chi connectivity index (χ2n) is 4.81. The van der Waals surface area contributed by atoms with Crippen molar-refractivity contribution >= 4 is 35.1 Å². The number of nitro benzene ring substituents is 1. The van der Waals surface area contributed by atoms with Crippen LogP contribution in [0.15, 0.2) is 35.4 Å². The fourth-order valence-corrected chi connectivity index (χ4v) is 2.68. The van der Waals surface area contributed by atoms with Crippen molar-refractivity contribution in [2.75, 3.05) is 6.79 Å². The fourth-order valence-electron chi connectivity index (χ4n) is 2.15. The highest BCUT2D eigenvalue weighted by Crippen LogP contribution is 2.37. The minimum Gasteiger partial charge on any atom is -0.454 e. The second-order valence-corrected chi connectivity index (χ2v) is 5.63. The van der Waals surface area contributed by atoms with Gasteiger partial charge in [0.25, 0.3) is 5.69 Å². The molecule has 7 nitrogen and oxygen atoms in total. The van der Waals surface area contributed by atoms with E-state index in [-0.39, 0.29) is 19.0 Å². The Kier molecular flexibility index (Phi) is 4.73. The van der Waals surface area contributed by atoms with Gasteiger partial charge in [0.1, 0.15) is 0 Å². The van der Waals surface area contributed by atoms with Gasteiger partial charge in [0.05, 0.1) is 29.3 Å². The van der Waals surface area contributed by atoms with Crippen LogP contribution >= 0.6 is 23.2 Å². The lowest BCUT2D eigenvalue weighted by Gasteiger charge is -2.06. The van der Waals surface area contributed by atoms with Crippen LogP contribution in [0.2, 0.25) is 10.0 Å². The average Bonchev–Trinajstić information content (AvgIpc) is 3.00. The minimum atomic E-state index is -0.506. The molecule has 0 unspecified atom stereocenters. The zero-order valence-corrected chi connectivity index (χ0v) is 13.7. The zero-order chi connectivity index (χ0) is 17.1. The Bertz CT molecular complexity index is 806. The highest BCUT2D eigenvalue weighted by Gasteiger charge is 2.22. The van der Waals surface area contributed by atoms with Crippen molar-refractivity contribution in [3.05, 3.63) is 61.6 Å². The van der Waals surface area contributed by atoms with Crippen LogP contribution in [0.4, 0.5) is 5.69 Å². The van der Waals surface area contributed by atoms with Gasteiger partial charge in [-0.1, -0.05) is 29.3 Å². The Morgan fingerprint density at radius 1 is 1.25 bits per heavy atom. The number of hydrogen-bond donors (Lipinski definition) is 1. The van der Waals surface area contributed by atoms with Crippen molar-refractivity contribution in [1.82, 2.24) is 5.43 Å². The third-order valence-electron chi connectivity index (χ3n) is 3.33. The van der Waals surface area contributed by atoms with Crippen LogP contribution < -0.4 is 14.9 Å². The van der Waals surface area contributed by atoms with E-state index in [0.717, 1.165) is 0 Å². The Hall–Kier alpha value is -2.51. The predicted octanol–water partition coefficient (Wildman–Crippen LogP) is 3.75. The van der Waals surface area contributed by atoms with Gasteiger partial charge in [0.2, 0.25) is 6.79 Å². The topological polar surface area (TPSA) is 86.0 Å². The second kappa shape index (κ2) is 6.94. The molecule has 0 amide bonds. The summed E-state index contributed by atoms with van der Waals surface area (Å²) in [5, 5.41) is 16.2. The van der Waals surface area contributed by atoms with E-state index in [0.29, 0.717) is 32.7 Å². The number of benzene rings is 2. The van der Waals surface area contributed by atoms with E-state index in [4.69, 9.17) is 32.7 Å². The molecule has 0 saturated carbocycles. The molecule has 0 fully saturated rings. The first kappa shape index (κ1) is 16.4. The molecule has 1 aliphatic heterocycles. The van der Waals surface area contributed by atoms with E-state index in [2.05, 4.69) is 10.5 Å². The Morgan fingerprint density at radius 3 is 2.58 bits per heavy atom. The van der Waals surface area contributed by atoms with E-state index in [1.54, 1.807) is 18.2 Å². The molecule has 9 heteroatoms. The Balaban J connectivity index is 1.76. The molecule has 0 spiro atoms. The van der Waals surface area contributed by atoms with Gasteiger partial charge in [-0.15, -0.1) is 0 Å². The summed E-state index contributed by atoms with van der Waals surface area (Å²) in [4.78, 5) is 10.7. The zero-order valence-electron chi connectivity index (χ0n) is 12.2. The lowest BCUT2D eigenvalue weighted by molar-refractivity contribution is -0.385. The summed E-state index contributed by atoms with van der Waals surface area (Å²) in [6, 6.07) is 8.00. The van der Waals surface area contributed by atoms with Crippen molar-refractivity contribution in [2.24, 2.45) is 5.10 Å². The van der Waals surface area contributed by atoms with Crippen LogP contribution in [0.25, 0.3) is 0 Å². The molecule has 0 radical (unpaired) electrons. The maximum Gasteiger partial charge on any atom is 0.282 e. The van der Waals surface area contributed by atoms with Gasteiger partial charge in [-0.25, -0.2) is 0 Å². The lowest BCUT2D eigenvalue weighted by Crippen LogP contribution is -2.07. The Labute approximate surface area is 146 Å². The molecule has 3 rings (SSSR count). The first-order valence-electron chi connectivity index (χ1n) is 6.83. The molecule has 0 aliphatic carbocycles. The molecular formula is C15H11Cl2N3O4. The molecule has 1 heterocycles. The number of nitrogens with zero attached hydrogens (tertiary/aromatic N) is 2. The highest BCUT2D eigenvalue weighted by atomic mass is 35.5. The van der Waals surface area contributed by atoms with Crippen LogP contribution in [0.1, 0.15) is 11.1 Å². The average molecular weight is 368 g/mol. The summed E-state index contributed by atoms with van der Waals surface area (Å²) < 4.78 is 10.4. The van der Waals surface area contributed by atoms with E-state index in [1.165, 1.54) is 18.3 Å². The van der Waals surface area contributed by atoms with Gasteiger partial charge < -0.3 is 14.9 Å².